The Morgan fingerprint density at radius 1 is 1.40 bits per heavy atom. The van der Waals surface area contributed by atoms with E-state index >= 15 is 0 Å². The molecule has 2 aromatic rings. The molecule has 0 aliphatic carbocycles. The Hall–Kier alpha value is -1.98. The Morgan fingerprint density at radius 3 is 2.73 bits per heavy atom. The third kappa shape index (κ3) is 1.34. The molecule has 0 unspecified atom stereocenters. The molecule has 1 aromatic heterocycles. The highest BCUT2D eigenvalue weighted by molar-refractivity contribution is 6.02. The van der Waals surface area contributed by atoms with Gasteiger partial charge in [0.15, 0.2) is 5.69 Å². The Bertz CT molecular complexity index is 536. The van der Waals surface area contributed by atoms with E-state index in [0.717, 1.165) is 19.2 Å². The molecule has 0 aliphatic rings. The quantitative estimate of drug-likeness (QED) is 0.731. The van der Waals surface area contributed by atoms with Gasteiger partial charge in [-0.2, -0.15) is 5.10 Å². The van der Waals surface area contributed by atoms with E-state index in [2.05, 4.69) is 14.9 Å². The Balaban J connectivity index is 2.79. The van der Waals surface area contributed by atoms with Crippen LogP contribution in [0.5, 0.6) is 0 Å². The van der Waals surface area contributed by atoms with Crippen LogP contribution in [0.2, 0.25) is 0 Å². The number of carbonyl (C=O) groups excluding carboxylic acids is 1. The maximum Gasteiger partial charge on any atom is 0.359 e. The van der Waals surface area contributed by atoms with Gasteiger partial charge < -0.3 is 4.74 Å². The first kappa shape index (κ1) is 9.57. The van der Waals surface area contributed by atoms with Crippen molar-refractivity contribution < 1.29 is 18.3 Å². The van der Waals surface area contributed by atoms with Gasteiger partial charge in [-0.15, -0.1) is 0 Å². The standard InChI is InChI=1S/C9H6F2N2O2/c1-15-9(14)8-6-4(10)2-3-5(11)7(6)12-13-8/h2-3H,1H3,(H,12,13). The van der Waals surface area contributed by atoms with Gasteiger partial charge >= 0.3 is 5.97 Å². The highest BCUT2D eigenvalue weighted by Gasteiger charge is 2.19. The van der Waals surface area contributed by atoms with Crippen LogP contribution in [0.3, 0.4) is 0 Å². The first-order valence-corrected chi connectivity index (χ1v) is 4.05. The van der Waals surface area contributed by atoms with Gasteiger partial charge in [-0.1, -0.05) is 0 Å². The van der Waals surface area contributed by atoms with Crippen LogP contribution in [-0.4, -0.2) is 23.3 Å². The van der Waals surface area contributed by atoms with Gasteiger partial charge in [0.2, 0.25) is 0 Å². The normalized spacial score (nSPS) is 10.6. The van der Waals surface area contributed by atoms with Crippen molar-refractivity contribution in [2.24, 2.45) is 0 Å². The number of methoxy groups -OCH3 is 1. The number of ether oxygens (including phenoxy) is 1. The molecule has 0 aliphatic heterocycles. The predicted octanol–water partition coefficient (Wildman–Crippen LogP) is 1.63. The van der Waals surface area contributed by atoms with Crippen LogP contribution in [0.4, 0.5) is 8.78 Å². The molecule has 0 amide bonds. The summed E-state index contributed by atoms with van der Waals surface area (Å²) in [6.45, 7) is 0. The molecular formula is C9H6F2N2O2. The van der Waals surface area contributed by atoms with Gasteiger partial charge in [0.1, 0.15) is 17.2 Å². The van der Waals surface area contributed by atoms with Crippen molar-refractivity contribution in [3.63, 3.8) is 0 Å². The van der Waals surface area contributed by atoms with Crippen molar-refractivity contribution in [2.45, 2.75) is 0 Å². The van der Waals surface area contributed by atoms with E-state index in [1.807, 2.05) is 0 Å². The van der Waals surface area contributed by atoms with Crippen LogP contribution >= 0.6 is 0 Å². The molecule has 15 heavy (non-hydrogen) atoms. The van der Waals surface area contributed by atoms with E-state index in [0.29, 0.717) is 0 Å². The number of H-pyrrole nitrogens is 1. The molecule has 1 N–H and O–H groups in total. The molecule has 0 atom stereocenters. The minimum absolute atomic E-state index is 0.143. The van der Waals surface area contributed by atoms with Crippen LogP contribution in [0, 0.1) is 11.6 Å². The van der Waals surface area contributed by atoms with Crippen molar-refractivity contribution in [3.05, 3.63) is 29.5 Å². The monoisotopic (exact) mass is 212 g/mol. The van der Waals surface area contributed by atoms with E-state index < -0.39 is 17.6 Å². The topological polar surface area (TPSA) is 55.0 Å². The van der Waals surface area contributed by atoms with Gasteiger partial charge in [-0.3, -0.25) is 5.10 Å². The van der Waals surface area contributed by atoms with Crippen LogP contribution in [0.1, 0.15) is 10.5 Å². The average Bonchev–Trinajstić information content (AvgIpc) is 2.68. The Morgan fingerprint density at radius 2 is 2.07 bits per heavy atom. The zero-order chi connectivity index (χ0) is 11.0. The lowest BCUT2D eigenvalue weighted by molar-refractivity contribution is 0.0596. The number of aromatic nitrogens is 2. The summed E-state index contributed by atoms with van der Waals surface area (Å²) in [5.74, 6) is -2.21. The smallest absolute Gasteiger partial charge is 0.359 e. The summed E-state index contributed by atoms with van der Waals surface area (Å²) >= 11 is 0. The minimum atomic E-state index is -0.814. The lowest BCUT2D eigenvalue weighted by atomic mass is 10.2. The first-order valence-electron chi connectivity index (χ1n) is 4.05. The molecule has 1 aromatic carbocycles. The zero-order valence-electron chi connectivity index (χ0n) is 7.67. The van der Waals surface area contributed by atoms with Crippen molar-refractivity contribution in [3.8, 4) is 0 Å². The lowest BCUT2D eigenvalue weighted by Gasteiger charge is -1.96. The Labute approximate surface area is 82.8 Å². The molecule has 0 bridgehead atoms. The largest absolute Gasteiger partial charge is 0.464 e. The first-order chi connectivity index (χ1) is 7.15. The van der Waals surface area contributed by atoms with E-state index in [1.54, 1.807) is 0 Å². The second-order valence-electron chi connectivity index (χ2n) is 2.84. The number of hydrogen-bond donors (Lipinski definition) is 1. The number of hydrogen-bond acceptors (Lipinski definition) is 3. The van der Waals surface area contributed by atoms with Crippen LogP contribution < -0.4 is 0 Å². The molecule has 78 valence electrons. The number of benzene rings is 1. The number of nitrogens with one attached hydrogen (secondary N) is 1. The van der Waals surface area contributed by atoms with E-state index in [1.165, 1.54) is 0 Å². The summed E-state index contributed by atoms with van der Waals surface area (Å²) in [6, 6.07) is 1.89. The molecule has 6 heteroatoms. The van der Waals surface area contributed by atoms with Crippen LogP contribution in [0.15, 0.2) is 12.1 Å². The lowest BCUT2D eigenvalue weighted by Crippen LogP contribution is -2.02. The summed E-state index contributed by atoms with van der Waals surface area (Å²) < 4.78 is 30.9. The number of esters is 1. The highest BCUT2D eigenvalue weighted by atomic mass is 19.1. The number of nitrogens with zero attached hydrogens (tertiary/aromatic N) is 1. The predicted molar refractivity (Wildman–Crippen MR) is 47.3 cm³/mol. The summed E-state index contributed by atoms with van der Waals surface area (Å²) in [7, 11) is 1.14. The third-order valence-electron chi connectivity index (χ3n) is 2.00. The van der Waals surface area contributed by atoms with Gasteiger partial charge in [0, 0.05) is 0 Å². The van der Waals surface area contributed by atoms with Gasteiger partial charge in [0.05, 0.1) is 12.5 Å². The van der Waals surface area contributed by atoms with E-state index in [4.69, 9.17) is 0 Å². The average molecular weight is 212 g/mol. The van der Waals surface area contributed by atoms with Crippen molar-refractivity contribution in [1.82, 2.24) is 10.2 Å². The SMILES string of the molecule is COC(=O)c1n[nH]c2c(F)ccc(F)c12. The van der Waals surface area contributed by atoms with Gasteiger partial charge in [0.25, 0.3) is 0 Å². The number of aromatic amines is 1. The molecule has 2 rings (SSSR count). The minimum Gasteiger partial charge on any atom is -0.464 e. The van der Waals surface area contributed by atoms with Crippen molar-refractivity contribution >= 4 is 16.9 Å². The van der Waals surface area contributed by atoms with Crippen LogP contribution in [-0.2, 0) is 4.74 Å². The molecule has 1 heterocycles. The summed E-state index contributed by atoms with van der Waals surface area (Å²) in [5, 5.41) is 5.56. The number of fused-ring (bicyclic) bond motifs is 1. The van der Waals surface area contributed by atoms with E-state index in [-0.39, 0.29) is 16.6 Å². The van der Waals surface area contributed by atoms with Gasteiger partial charge in [-0.05, 0) is 12.1 Å². The fraction of sp³-hybridized carbons (Fsp3) is 0.111. The molecular weight excluding hydrogens is 206 g/mol. The number of carbonyl (C=O) groups is 1. The third-order valence-corrected chi connectivity index (χ3v) is 2.00. The number of halogens is 2. The van der Waals surface area contributed by atoms with Crippen molar-refractivity contribution in [1.29, 1.82) is 0 Å². The second kappa shape index (κ2) is 3.30. The molecule has 0 fully saturated rings. The fourth-order valence-corrected chi connectivity index (χ4v) is 1.30. The molecule has 0 saturated heterocycles. The maximum atomic E-state index is 13.3. The molecule has 4 nitrogen and oxygen atoms in total. The van der Waals surface area contributed by atoms with Crippen molar-refractivity contribution in [2.75, 3.05) is 7.11 Å². The Kier molecular flexibility index (Phi) is 2.11. The molecule has 0 radical (unpaired) electrons. The van der Waals surface area contributed by atoms with E-state index in [9.17, 15) is 13.6 Å². The van der Waals surface area contributed by atoms with Gasteiger partial charge in [-0.25, -0.2) is 13.6 Å². The summed E-state index contributed by atoms with van der Waals surface area (Å²) in [4.78, 5) is 11.2. The maximum absolute atomic E-state index is 13.3. The van der Waals surface area contributed by atoms with Crippen LogP contribution in [0.25, 0.3) is 10.9 Å². The molecule has 0 saturated carbocycles. The summed E-state index contributed by atoms with van der Waals surface area (Å²) in [5.41, 5.74) is -0.403. The molecule has 0 spiro atoms. The zero-order valence-corrected chi connectivity index (χ0v) is 7.67. The highest BCUT2D eigenvalue weighted by Crippen LogP contribution is 2.22. The fourth-order valence-electron chi connectivity index (χ4n) is 1.30. The summed E-state index contributed by atoms with van der Waals surface area (Å²) in [6.07, 6.45) is 0. The number of rotatable bonds is 1. The second-order valence-corrected chi connectivity index (χ2v) is 2.84.